The zero-order valence-electron chi connectivity index (χ0n) is 18.4. The summed E-state index contributed by atoms with van der Waals surface area (Å²) in [6, 6.07) is 5.08. The minimum absolute atomic E-state index is 0.0481. The van der Waals surface area contributed by atoms with E-state index in [9.17, 15) is 9.59 Å². The monoisotopic (exact) mass is 451 g/mol. The van der Waals surface area contributed by atoms with E-state index in [0.717, 1.165) is 60.8 Å². The van der Waals surface area contributed by atoms with Crippen molar-refractivity contribution in [3.63, 3.8) is 0 Å². The van der Waals surface area contributed by atoms with E-state index >= 15 is 0 Å². The third kappa shape index (κ3) is 5.35. The maximum Gasteiger partial charge on any atom is 0.256 e. The Balaban J connectivity index is 1.14. The predicted octanol–water partition coefficient (Wildman–Crippen LogP) is 1.82. The lowest BCUT2D eigenvalue weighted by Crippen LogP contribution is -2.38. The van der Waals surface area contributed by atoms with Crippen molar-refractivity contribution in [1.82, 2.24) is 20.2 Å². The highest BCUT2D eigenvalue weighted by atomic mass is 32.2. The van der Waals surface area contributed by atoms with Crippen LogP contribution in [-0.2, 0) is 4.79 Å². The molecule has 1 N–H and O–H groups in total. The molecule has 2 aromatic rings. The highest BCUT2D eigenvalue weighted by molar-refractivity contribution is 7.98. The quantitative estimate of drug-likeness (QED) is 0.489. The predicted molar refractivity (Wildman–Crippen MR) is 125 cm³/mol. The SMILES string of the molecule is CSc1ncccc1C(=O)N1CCC(CCCCNC(=O)C2C=c3cnccc3=N2)CC1. The van der Waals surface area contributed by atoms with Gasteiger partial charge >= 0.3 is 0 Å². The van der Waals surface area contributed by atoms with Crippen molar-refractivity contribution in [2.45, 2.75) is 43.2 Å². The lowest BCUT2D eigenvalue weighted by atomic mass is 9.91. The molecule has 4 rings (SSSR count). The lowest BCUT2D eigenvalue weighted by Gasteiger charge is -2.32. The Kier molecular flexibility index (Phi) is 7.52. The number of unbranched alkanes of at least 4 members (excludes halogenated alkanes) is 1. The van der Waals surface area contributed by atoms with Gasteiger partial charge in [0.05, 0.1) is 10.9 Å². The summed E-state index contributed by atoms with van der Waals surface area (Å²) in [5, 5.41) is 5.55. The summed E-state index contributed by atoms with van der Waals surface area (Å²) in [4.78, 5) is 40.0. The average Bonchev–Trinajstić information content (AvgIpc) is 3.28. The molecular formula is C24H29N5O2S. The van der Waals surface area contributed by atoms with E-state index < -0.39 is 6.04 Å². The van der Waals surface area contributed by atoms with Crippen LogP contribution < -0.4 is 15.9 Å². The van der Waals surface area contributed by atoms with Gasteiger partial charge in [0.25, 0.3) is 5.91 Å². The Bertz CT molecular complexity index is 1050. The Morgan fingerprint density at radius 2 is 2.03 bits per heavy atom. The van der Waals surface area contributed by atoms with Gasteiger partial charge in [-0.3, -0.25) is 19.6 Å². The summed E-state index contributed by atoms with van der Waals surface area (Å²) in [5.41, 5.74) is 0.708. The first kappa shape index (κ1) is 22.5. The summed E-state index contributed by atoms with van der Waals surface area (Å²) in [5.74, 6) is 0.688. The Morgan fingerprint density at radius 1 is 1.19 bits per heavy atom. The highest BCUT2D eigenvalue weighted by Gasteiger charge is 2.25. The van der Waals surface area contributed by atoms with Gasteiger partial charge in [-0.15, -0.1) is 11.8 Å². The molecule has 0 aromatic carbocycles. The van der Waals surface area contributed by atoms with Crippen LogP contribution in [0, 0.1) is 5.92 Å². The second kappa shape index (κ2) is 10.7. The average molecular weight is 452 g/mol. The Morgan fingerprint density at radius 3 is 2.81 bits per heavy atom. The van der Waals surface area contributed by atoms with Crippen LogP contribution in [0.2, 0.25) is 0 Å². The van der Waals surface area contributed by atoms with Crippen LogP contribution >= 0.6 is 11.8 Å². The molecule has 0 spiro atoms. The fourth-order valence-corrected chi connectivity index (χ4v) is 4.86. The number of fused-ring (bicyclic) bond motifs is 1. The fraction of sp³-hybridized carbons (Fsp3) is 0.458. The van der Waals surface area contributed by atoms with E-state index in [-0.39, 0.29) is 11.8 Å². The number of hydrogen-bond donors (Lipinski definition) is 1. The third-order valence-electron chi connectivity index (χ3n) is 6.15. The molecule has 0 saturated carbocycles. The zero-order valence-corrected chi connectivity index (χ0v) is 19.2. The van der Waals surface area contributed by atoms with Crippen LogP contribution in [0.4, 0.5) is 0 Å². The summed E-state index contributed by atoms with van der Waals surface area (Å²) < 4.78 is 0. The van der Waals surface area contributed by atoms with Gasteiger partial charge in [-0.2, -0.15) is 0 Å². The van der Waals surface area contributed by atoms with Crippen molar-refractivity contribution in [1.29, 1.82) is 0 Å². The number of thioether (sulfide) groups is 1. The van der Waals surface area contributed by atoms with E-state index in [1.165, 1.54) is 11.8 Å². The van der Waals surface area contributed by atoms with Crippen molar-refractivity contribution in [3.05, 3.63) is 52.9 Å². The van der Waals surface area contributed by atoms with E-state index in [4.69, 9.17) is 0 Å². The topological polar surface area (TPSA) is 87.5 Å². The largest absolute Gasteiger partial charge is 0.354 e. The minimum atomic E-state index is -0.442. The van der Waals surface area contributed by atoms with Crippen LogP contribution in [0.3, 0.4) is 0 Å². The molecule has 0 aliphatic carbocycles. The number of likely N-dealkylation sites (tertiary alicyclic amines) is 1. The van der Waals surface area contributed by atoms with E-state index in [1.54, 1.807) is 18.6 Å². The lowest BCUT2D eigenvalue weighted by molar-refractivity contribution is -0.121. The third-order valence-corrected chi connectivity index (χ3v) is 6.86. The van der Waals surface area contributed by atoms with Crippen LogP contribution in [0.25, 0.3) is 6.08 Å². The molecule has 4 heterocycles. The summed E-state index contributed by atoms with van der Waals surface area (Å²) >= 11 is 1.51. The first-order valence-electron chi connectivity index (χ1n) is 11.2. The zero-order chi connectivity index (χ0) is 22.3. The van der Waals surface area contributed by atoms with Gasteiger partial charge in [-0.1, -0.05) is 12.8 Å². The van der Waals surface area contributed by atoms with Gasteiger partial charge in [0.1, 0.15) is 11.1 Å². The fourth-order valence-electron chi connectivity index (χ4n) is 4.32. The summed E-state index contributed by atoms with van der Waals surface area (Å²) in [6.07, 6.45) is 14.2. The number of nitrogens with zero attached hydrogens (tertiary/aromatic N) is 4. The maximum absolute atomic E-state index is 12.8. The van der Waals surface area contributed by atoms with Crippen molar-refractivity contribution in [2.75, 3.05) is 25.9 Å². The molecule has 1 fully saturated rings. The van der Waals surface area contributed by atoms with Crippen molar-refractivity contribution in [2.24, 2.45) is 10.9 Å². The number of carbonyl (C=O) groups is 2. The molecule has 1 saturated heterocycles. The smallest absolute Gasteiger partial charge is 0.256 e. The van der Waals surface area contributed by atoms with Gasteiger partial charge in [-0.05, 0) is 55.7 Å². The molecule has 0 radical (unpaired) electrons. The maximum atomic E-state index is 12.8. The number of carbonyl (C=O) groups excluding carboxylic acids is 2. The molecule has 2 aliphatic rings. The van der Waals surface area contributed by atoms with Crippen molar-refractivity contribution in [3.8, 4) is 0 Å². The molecule has 7 nitrogen and oxygen atoms in total. The Labute approximate surface area is 192 Å². The van der Waals surface area contributed by atoms with Crippen molar-refractivity contribution >= 4 is 29.7 Å². The van der Waals surface area contributed by atoms with E-state index in [1.807, 2.05) is 35.4 Å². The van der Waals surface area contributed by atoms with Gasteiger partial charge in [0.15, 0.2) is 0 Å². The minimum Gasteiger partial charge on any atom is -0.354 e. The summed E-state index contributed by atoms with van der Waals surface area (Å²) in [6.45, 7) is 2.28. The molecule has 0 bridgehead atoms. The van der Waals surface area contributed by atoms with Gasteiger partial charge < -0.3 is 10.2 Å². The van der Waals surface area contributed by atoms with Gasteiger partial charge in [0.2, 0.25) is 5.91 Å². The number of pyridine rings is 2. The molecule has 2 aliphatic heterocycles. The first-order chi connectivity index (χ1) is 15.7. The van der Waals surface area contributed by atoms with Gasteiger partial charge in [0, 0.05) is 43.4 Å². The number of piperidine rings is 1. The van der Waals surface area contributed by atoms with Gasteiger partial charge in [-0.25, -0.2) is 4.98 Å². The van der Waals surface area contributed by atoms with Crippen molar-refractivity contribution < 1.29 is 9.59 Å². The first-order valence-corrected chi connectivity index (χ1v) is 12.4. The number of hydrogen-bond acceptors (Lipinski definition) is 6. The van der Waals surface area contributed by atoms with Crippen LogP contribution in [0.1, 0.15) is 42.5 Å². The molecular weight excluding hydrogens is 422 g/mol. The molecule has 168 valence electrons. The normalized spacial score (nSPS) is 17.9. The molecule has 2 aromatic heterocycles. The molecule has 8 heteroatoms. The molecule has 1 atom stereocenters. The number of aromatic nitrogens is 2. The second-order valence-corrected chi connectivity index (χ2v) is 9.05. The van der Waals surface area contributed by atoms with E-state index in [0.29, 0.717) is 18.0 Å². The van der Waals surface area contributed by atoms with Crippen LogP contribution in [0.5, 0.6) is 0 Å². The van der Waals surface area contributed by atoms with Crippen LogP contribution in [0.15, 0.2) is 46.8 Å². The number of nitrogens with one attached hydrogen (secondary N) is 1. The number of rotatable bonds is 8. The molecule has 1 unspecified atom stereocenters. The summed E-state index contributed by atoms with van der Waals surface area (Å²) in [7, 11) is 0. The molecule has 32 heavy (non-hydrogen) atoms. The number of amides is 2. The highest BCUT2D eigenvalue weighted by Crippen LogP contribution is 2.25. The van der Waals surface area contributed by atoms with Crippen LogP contribution in [-0.4, -0.2) is 58.6 Å². The Hall–Kier alpha value is -2.74. The molecule has 2 amide bonds. The standard InChI is InChI=1S/C24H29N5O2S/c1-32-23-19(6-4-11-27-23)24(31)29-13-8-17(9-14-29)5-2-3-10-26-22(30)21-15-18-16-25-12-7-20(18)28-21/h4,6-7,11-12,15-17,21H,2-3,5,8-10,13-14H2,1H3,(H,26,30). The second-order valence-electron chi connectivity index (χ2n) is 8.26. The van der Waals surface area contributed by atoms with E-state index in [2.05, 4.69) is 20.3 Å².